The highest BCUT2D eigenvalue weighted by atomic mass is 16.6. The SMILES string of the molecule is CCCC/C=C/C/C=C/CCCCCCCC(=O)OC[C@H](COC(=O)CCCCCCCCCCC/C=C/CCCCCCCC)OC(=O)CCCCCCCCCCC/C=C/CCCCCCCC. The van der Waals surface area contributed by atoms with Crippen molar-refractivity contribution in [2.24, 2.45) is 0 Å². The second kappa shape index (κ2) is 58.9. The lowest BCUT2D eigenvalue weighted by molar-refractivity contribution is -0.167. The molecule has 6 nitrogen and oxygen atoms in total. The van der Waals surface area contributed by atoms with Gasteiger partial charge in [0.25, 0.3) is 0 Å². The van der Waals surface area contributed by atoms with Crippen LogP contribution in [0.1, 0.15) is 323 Å². The zero-order chi connectivity index (χ0) is 50.7. The highest BCUT2D eigenvalue weighted by molar-refractivity contribution is 5.71. The standard InChI is InChI=1S/C64H116O6/c1-4-7-10-13-16-19-22-25-28-30-32-34-36-39-42-45-48-51-54-57-63(66)69-60-61(59-68-62(65)56-53-50-47-44-41-38-27-24-21-18-15-12-9-6-3)70-64(67)58-55-52-49-46-43-40-37-35-33-31-29-26-23-20-17-14-11-8-5-2/h15,18,24-29,61H,4-14,16-17,19-23,30-60H2,1-3H3/b18-15+,27-24+,28-25+,29-26+/t61-/m1/s1. The van der Waals surface area contributed by atoms with Gasteiger partial charge in [-0.15, -0.1) is 0 Å². The van der Waals surface area contributed by atoms with Gasteiger partial charge in [0.1, 0.15) is 13.2 Å². The molecule has 0 saturated carbocycles. The topological polar surface area (TPSA) is 78.9 Å². The summed E-state index contributed by atoms with van der Waals surface area (Å²) >= 11 is 0. The predicted octanol–water partition coefficient (Wildman–Crippen LogP) is 20.6. The molecule has 0 aliphatic rings. The summed E-state index contributed by atoms with van der Waals surface area (Å²) in [5.41, 5.74) is 0. The van der Waals surface area contributed by atoms with Crippen LogP contribution in [0.5, 0.6) is 0 Å². The van der Waals surface area contributed by atoms with Crippen molar-refractivity contribution in [1.82, 2.24) is 0 Å². The first-order chi connectivity index (χ1) is 34.5. The Hall–Kier alpha value is -2.63. The molecule has 0 amide bonds. The van der Waals surface area contributed by atoms with Gasteiger partial charge in [0, 0.05) is 19.3 Å². The average molecular weight is 982 g/mol. The molecule has 0 aromatic carbocycles. The maximum absolute atomic E-state index is 12.9. The summed E-state index contributed by atoms with van der Waals surface area (Å²) in [7, 11) is 0. The first kappa shape index (κ1) is 67.4. The van der Waals surface area contributed by atoms with Crippen molar-refractivity contribution < 1.29 is 28.6 Å². The Morgan fingerprint density at radius 1 is 0.286 bits per heavy atom. The summed E-state index contributed by atoms with van der Waals surface area (Å²) in [4.78, 5) is 38.2. The van der Waals surface area contributed by atoms with Crippen LogP contribution in [0.4, 0.5) is 0 Å². The molecule has 0 fully saturated rings. The maximum Gasteiger partial charge on any atom is 0.306 e. The van der Waals surface area contributed by atoms with E-state index in [0.717, 1.165) is 77.0 Å². The van der Waals surface area contributed by atoms with E-state index in [1.165, 1.54) is 205 Å². The van der Waals surface area contributed by atoms with E-state index in [4.69, 9.17) is 14.2 Å². The Morgan fingerprint density at radius 3 is 0.843 bits per heavy atom. The number of esters is 3. The quantitative estimate of drug-likeness (QED) is 0.0261. The Kier molecular flexibility index (Phi) is 56.7. The fraction of sp³-hybridized carbons (Fsp3) is 0.828. The maximum atomic E-state index is 12.9. The van der Waals surface area contributed by atoms with E-state index in [-0.39, 0.29) is 31.1 Å². The van der Waals surface area contributed by atoms with Crippen LogP contribution >= 0.6 is 0 Å². The van der Waals surface area contributed by atoms with E-state index >= 15 is 0 Å². The number of allylic oxidation sites excluding steroid dienone is 8. The summed E-state index contributed by atoms with van der Waals surface area (Å²) in [6, 6.07) is 0. The molecule has 0 aliphatic heterocycles. The predicted molar refractivity (Wildman–Crippen MR) is 302 cm³/mol. The molecule has 0 bridgehead atoms. The van der Waals surface area contributed by atoms with E-state index in [0.29, 0.717) is 19.3 Å². The van der Waals surface area contributed by atoms with Crippen LogP contribution in [-0.4, -0.2) is 37.2 Å². The van der Waals surface area contributed by atoms with Gasteiger partial charge in [-0.3, -0.25) is 14.4 Å². The van der Waals surface area contributed by atoms with Crippen LogP contribution in [-0.2, 0) is 28.6 Å². The number of unbranched alkanes of at least 4 members (excludes halogenated alkanes) is 37. The van der Waals surface area contributed by atoms with Crippen molar-refractivity contribution in [2.45, 2.75) is 329 Å². The molecule has 0 aliphatic carbocycles. The Balaban J connectivity index is 4.35. The lowest BCUT2D eigenvalue weighted by Gasteiger charge is -2.18. The van der Waals surface area contributed by atoms with Crippen LogP contribution in [0.2, 0.25) is 0 Å². The van der Waals surface area contributed by atoms with Crippen LogP contribution < -0.4 is 0 Å². The van der Waals surface area contributed by atoms with E-state index in [1.807, 2.05) is 0 Å². The third-order valence-electron chi connectivity index (χ3n) is 13.5. The second-order valence-corrected chi connectivity index (χ2v) is 20.6. The second-order valence-electron chi connectivity index (χ2n) is 20.6. The molecule has 0 saturated heterocycles. The summed E-state index contributed by atoms with van der Waals surface area (Å²) in [6.45, 7) is 6.62. The number of ether oxygens (including phenoxy) is 3. The van der Waals surface area contributed by atoms with E-state index in [2.05, 4.69) is 69.4 Å². The average Bonchev–Trinajstić information content (AvgIpc) is 3.36. The molecule has 6 heteroatoms. The van der Waals surface area contributed by atoms with Crippen LogP contribution in [0.15, 0.2) is 48.6 Å². The molecular weight excluding hydrogens is 865 g/mol. The molecule has 0 radical (unpaired) electrons. The number of carbonyl (C=O) groups is 3. The minimum absolute atomic E-state index is 0.0775. The third kappa shape index (κ3) is 56.3. The smallest absolute Gasteiger partial charge is 0.306 e. The van der Waals surface area contributed by atoms with Gasteiger partial charge in [-0.2, -0.15) is 0 Å². The molecule has 70 heavy (non-hydrogen) atoms. The van der Waals surface area contributed by atoms with Crippen molar-refractivity contribution in [3.05, 3.63) is 48.6 Å². The zero-order valence-electron chi connectivity index (χ0n) is 46.8. The molecule has 0 aromatic rings. The number of hydrogen-bond donors (Lipinski definition) is 0. The minimum atomic E-state index is -0.780. The number of carbonyl (C=O) groups excluding carboxylic acids is 3. The van der Waals surface area contributed by atoms with Gasteiger partial charge in [-0.25, -0.2) is 0 Å². The molecule has 0 N–H and O–H groups in total. The first-order valence-corrected chi connectivity index (χ1v) is 30.6. The van der Waals surface area contributed by atoms with E-state index in [9.17, 15) is 14.4 Å². The van der Waals surface area contributed by atoms with Crippen molar-refractivity contribution in [2.75, 3.05) is 13.2 Å². The van der Waals surface area contributed by atoms with Crippen LogP contribution in [0.3, 0.4) is 0 Å². The van der Waals surface area contributed by atoms with Crippen molar-refractivity contribution in [3.8, 4) is 0 Å². The van der Waals surface area contributed by atoms with Crippen molar-refractivity contribution in [1.29, 1.82) is 0 Å². The fourth-order valence-electron chi connectivity index (χ4n) is 8.86. The highest BCUT2D eigenvalue weighted by Gasteiger charge is 2.19. The van der Waals surface area contributed by atoms with Crippen molar-refractivity contribution in [3.63, 3.8) is 0 Å². The van der Waals surface area contributed by atoms with Crippen LogP contribution in [0, 0.1) is 0 Å². The van der Waals surface area contributed by atoms with Gasteiger partial charge in [0.2, 0.25) is 0 Å². The summed E-state index contributed by atoms with van der Waals surface area (Å²) in [5, 5.41) is 0. The fourth-order valence-corrected chi connectivity index (χ4v) is 8.86. The van der Waals surface area contributed by atoms with Gasteiger partial charge in [-0.05, 0) is 96.3 Å². The summed E-state index contributed by atoms with van der Waals surface area (Å²) < 4.78 is 16.9. The van der Waals surface area contributed by atoms with Gasteiger partial charge < -0.3 is 14.2 Å². The molecule has 0 unspecified atom stereocenters. The Morgan fingerprint density at radius 2 is 0.529 bits per heavy atom. The van der Waals surface area contributed by atoms with E-state index in [1.54, 1.807) is 0 Å². The van der Waals surface area contributed by atoms with Gasteiger partial charge in [0.15, 0.2) is 6.10 Å². The lowest BCUT2D eigenvalue weighted by Crippen LogP contribution is -2.30. The molecule has 408 valence electrons. The van der Waals surface area contributed by atoms with Crippen molar-refractivity contribution >= 4 is 17.9 Å². The lowest BCUT2D eigenvalue weighted by atomic mass is 10.1. The van der Waals surface area contributed by atoms with Crippen LogP contribution in [0.25, 0.3) is 0 Å². The number of hydrogen-bond acceptors (Lipinski definition) is 6. The molecule has 0 spiro atoms. The Bertz CT molecular complexity index is 1220. The first-order valence-electron chi connectivity index (χ1n) is 30.6. The third-order valence-corrected chi connectivity index (χ3v) is 13.5. The van der Waals surface area contributed by atoms with Gasteiger partial charge >= 0.3 is 17.9 Å². The zero-order valence-corrected chi connectivity index (χ0v) is 46.8. The van der Waals surface area contributed by atoms with Gasteiger partial charge in [-0.1, -0.05) is 256 Å². The minimum Gasteiger partial charge on any atom is -0.462 e. The molecule has 0 rings (SSSR count). The van der Waals surface area contributed by atoms with E-state index < -0.39 is 6.10 Å². The molecular formula is C64H116O6. The summed E-state index contributed by atoms with van der Waals surface area (Å²) in [5.74, 6) is -0.880. The highest BCUT2D eigenvalue weighted by Crippen LogP contribution is 2.16. The Labute approximate surface area is 435 Å². The normalized spacial score (nSPS) is 12.3. The molecule has 0 heterocycles. The molecule has 0 aromatic heterocycles. The number of rotatable bonds is 56. The summed E-state index contributed by atoms with van der Waals surface area (Å²) in [6.07, 6.45) is 72.5. The van der Waals surface area contributed by atoms with Gasteiger partial charge in [0.05, 0.1) is 0 Å². The largest absolute Gasteiger partial charge is 0.462 e. The molecule has 1 atom stereocenters. The monoisotopic (exact) mass is 981 g/mol.